The summed E-state index contributed by atoms with van der Waals surface area (Å²) in [7, 11) is 0. The van der Waals surface area contributed by atoms with E-state index in [0.29, 0.717) is 18.0 Å². The molecule has 1 aliphatic heterocycles. The second kappa shape index (κ2) is 5.74. The zero-order valence-corrected chi connectivity index (χ0v) is 13.3. The Kier molecular flexibility index (Phi) is 4.40. The fraction of sp³-hybridized carbons (Fsp3) is 0.875. The molecule has 1 heterocycles. The van der Waals surface area contributed by atoms with Crippen LogP contribution in [0.25, 0.3) is 0 Å². The molecule has 0 aromatic heterocycles. The average molecular weight is 280 g/mol. The Morgan fingerprint density at radius 1 is 1.10 bits per heavy atom. The highest BCUT2D eigenvalue weighted by atomic mass is 16.2. The van der Waals surface area contributed by atoms with Gasteiger partial charge in [0.25, 0.3) is 0 Å². The van der Waals surface area contributed by atoms with Crippen LogP contribution in [-0.2, 0) is 9.59 Å². The van der Waals surface area contributed by atoms with Crippen LogP contribution in [0.3, 0.4) is 0 Å². The van der Waals surface area contributed by atoms with Gasteiger partial charge in [-0.15, -0.1) is 0 Å². The van der Waals surface area contributed by atoms with Gasteiger partial charge in [-0.2, -0.15) is 0 Å². The van der Waals surface area contributed by atoms with Crippen molar-refractivity contribution in [2.75, 3.05) is 13.1 Å². The van der Waals surface area contributed by atoms with Gasteiger partial charge >= 0.3 is 0 Å². The Morgan fingerprint density at radius 2 is 1.60 bits per heavy atom. The largest absolute Gasteiger partial charge is 0.343 e. The first kappa shape index (κ1) is 15.3. The van der Waals surface area contributed by atoms with E-state index in [0.717, 1.165) is 45.2 Å². The molecule has 1 aliphatic carbocycles. The maximum absolute atomic E-state index is 12.8. The van der Waals surface area contributed by atoms with Gasteiger partial charge in [0.1, 0.15) is 0 Å². The molecule has 0 radical (unpaired) electrons. The third kappa shape index (κ3) is 3.15. The molecule has 0 spiro atoms. The second-order valence-corrected chi connectivity index (χ2v) is 6.92. The molecule has 2 fully saturated rings. The molecule has 4 nitrogen and oxygen atoms in total. The van der Waals surface area contributed by atoms with E-state index in [4.69, 9.17) is 0 Å². The molecule has 0 N–H and O–H groups in total. The van der Waals surface area contributed by atoms with Crippen molar-refractivity contribution >= 4 is 11.8 Å². The minimum absolute atomic E-state index is 0.154. The summed E-state index contributed by atoms with van der Waals surface area (Å²) in [6.07, 6.45) is 5.04. The number of piperidine rings is 1. The van der Waals surface area contributed by atoms with Crippen LogP contribution in [0.15, 0.2) is 0 Å². The molecule has 20 heavy (non-hydrogen) atoms. The smallest absolute Gasteiger partial charge is 0.228 e. The van der Waals surface area contributed by atoms with E-state index in [1.165, 1.54) is 0 Å². The topological polar surface area (TPSA) is 40.6 Å². The number of amides is 2. The van der Waals surface area contributed by atoms with Crippen molar-refractivity contribution in [2.45, 2.75) is 71.9 Å². The van der Waals surface area contributed by atoms with Crippen molar-refractivity contribution in [3.8, 4) is 0 Å². The number of likely N-dealkylation sites (tertiary alicyclic amines) is 1. The van der Waals surface area contributed by atoms with E-state index in [1.54, 1.807) is 6.92 Å². The Morgan fingerprint density at radius 3 is 2.00 bits per heavy atom. The molecule has 1 saturated heterocycles. The van der Waals surface area contributed by atoms with Gasteiger partial charge in [0.15, 0.2) is 0 Å². The van der Waals surface area contributed by atoms with Crippen molar-refractivity contribution in [1.29, 1.82) is 0 Å². The van der Waals surface area contributed by atoms with E-state index < -0.39 is 0 Å². The second-order valence-electron chi connectivity index (χ2n) is 6.92. The molecule has 4 heteroatoms. The normalized spacial score (nSPS) is 20.9. The van der Waals surface area contributed by atoms with Crippen LogP contribution in [0.1, 0.15) is 59.8 Å². The lowest BCUT2D eigenvalue weighted by Crippen LogP contribution is -2.52. The molecule has 2 amide bonds. The highest BCUT2D eigenvalue weighted by Gasteiger charge is 2.43. The van der Waals surface area contributed by atoms with Gasteiger partial charge in [-0.3, -0.25) is 9.59 Å². The number of carbonyl (C=O) groups is 2. The van der Waals surface area contributed by atoms with E-state index in [1.807, 2.05) is 4.90 Å². The highest BCUT2D eigenvalue weighted by molar-refractivity contribution is 5.83. The van der Waals surface area contributed by atoms with Gasteiger partial charge in [-0.05, 0) is 32.1 Å². The van der Waals surface area contributed by atoms with Crippen LogP contribution < -0.4 is 0 Å². The van der Waals surface area contributed by atoms with Crippen molar-refractivity contribution in [3.05, 3.63) is 0 Å². The minimum Gasteiger partial charge on any atom is -0.343 e. The molecular formula is C16H28N2O2. The first-order valence-electron chi connectivity index (χ1n) is 7.95. The maximum Gasteiger partial charge on any atom is 0.228 e. The molecule has 0 unspecified atom stereocenters. The maximum atomic E-state index is 12.8. The van der Waals surface area contributed by atoms with E-state index in [-0.39, 0.29) is 11.3 Å². The molecule has 2 aliphatic rings. The quantitative estimate of drug-likeness (QED) is 0.793. The summed E-state index contributed by atoms with van der Waals surface area (Å²) in [6.45, 7) is 9.41. The van der Waals surface area contributed by atoms with Crippen LogP contribution in [0.2, 0.25) is 0 Å². The first-order valence-corrected chi connectivity index (χ1v) is 7.95. The summed E-state index contributed by atoms with van der Waals surface area (Å²) in [5.41, 5.74) is -0.264. The van der Waals surface area contributed by atoms with Crippen LogP contribution >= 0.6 is 0 Å². The van der Waals surface area contributed by atoms with Gasteiger partial charge in [0.05, 0.1) is 0 Å². The summed E-state index contributed by atoms with van der Waals surface area (Å²) < 4.78 is 0. The van der Waals surface area contributed by atoms with Crippen LogP contribution in [0.5, 0.6) is 0 Å². The van der Waals surface area contributed by atoms with Gasteiger partial charge < -0.3 is 9.80 Å². The Balaban J connectivity index is 2.04. The fourth-order valence-electron chi connectivity index (χ4n) is 2.94. The molecular weight excluding hydrogens is 252 g/mol. The molecule has 2 rings (SSSR count). The lowest BCUT2D eigenvalue weighted by Gasteiger charge is -2.41. The molecule has 114 valence electrons. The molecule has 0 atom stereocenters. The van der Waals surface area contributed by atoms with Gasteiger partial charge in [0.2, 0.25) is 11.8 Å². The fourth-order valence-corrected chi connectivity index (χ4v) is 2.94. The zero-order chi connectivity index (χ0) is 14.9. The van der Waals surface area contributed by atoms with Crippen molar-refractivity contribution in [1.82, 2.24) is 9.80 Å². The SMILES string of the molecule is CCC(C)(C)C(=O)N(C1CC1)C1CCN(C(C)=O)CC1. The predicted octanol–water partition coefficient (Wildman–Crippen LogP) is 2.42. The Bertz CT molecular complexity index is 380. The van der Waals surface area contributed by atoms with Gasteiger partial charge in [-0.25, -0.2) is 0 Å². The number of rotatable bonds is 4. The zero-order valence-electron chi connectivity index (χ0n) is 13.3. The Labute approximate surface area is 122 Å². The van der Waals surface area contributed by atoms with Gasteiger partial charge in [0, 0.05) is 37.5 Å². The first-order chi connectivity index (χ1) is 9.36. The standard InChI is InChI=1S/C16H28N2O2/c1-5-16(3,4)15(20)18(13-6-7-13)14-8-10-17(11-9-14)12(2)19/h13-14H,5-11H2,1-4H3. The monoisotopic (exact) mass is 280 g/mol. The van der Waals surface area contributed by atoms with Crippen LogP contribution in [0.4, 0.5) is 0 Å². The average Bonchev–Trinajstić information content (AvgIpc) is 3.24. The van der Waals surface area contributed by atoms with Crippen LogP contribution in [0, 0.1) is 5.41 Å². The lowest BCUT2D eigenvalue weighted by molar-refractivity contribution is -0.145. The van der Waals surface area contributed by atoms with Crippen molar-refractivity contribution < 1.29 is 9.59 Å². The van der Waals surface area contributed by atoms with Crippen molar-refractivity contribution in [3.63, 3.8) is 0 Å². The molecule has 0 bridgehead atoms. The number of carbonyl (C=O) groups excluding carboxylic acids is 2. The van der Waals surface area contributed by atoms with E-state index in [9.17, 15) is 9.59 Å². The third-order valence-electron chi connectivity index (χ3n) is 4.94. The van der Waals surface area contributed by atoms with Crippen molar-refractivity contribution in [2.24, 2.45) is 5.41 Å². The minimum atomic E-state index is -0.264. The molecule has 1 saturated carbocycles. The van der Waals surface area contributed by atoms with Gasteiger partial charge in [-0.1, -0.05) is 20.8 Å². The Hall–Kier alpha value is -1.06. The summed E-state index contributed by atoms with van der Waals surface area (Å²) >= 11 is 0. The summed E-state index contributed by atoms with van der Waals surface area (Å²) in [4.78, 5) is 28.3. The molecule has 0 aromatic rings. The number of nitrogens with zero attached hydrogens (tertiary/aromatic N) is 2. The highest BCUT2D eigenvalue weighted by Crippen LogP contribution is 2.36. The molecule has 0 aromatic carbocycles. The predicted molar refractivity (Wildman–Crippen MR) is 79.2 cm³/mol. The summed E-state index contributed by atoms with van der Waals surface area (Å²) in [5, 5.41) is 0. The van der Waals surface area contributed by atoms with Crippen LogP contribution in [-0.4, -0.2) is 46.8 Å². The summed E-state index contributed by atoms with van der Waals surface area (Å²) in [5.74, 6) is 0.463. The summed E-state index contributed by atoms with van der Waals surface area (Å²) in [6, 6.07) is 0.790. The lowest BCUT2D eigenvalue weighted by atomic mass is 9.87. The third-order valence-corrected chi connectivity index (χ3v) is 4.94. The van der Waals surface area contributed by atoms with E-state index in [2.05, 4.69) is 25.7 Å². The number of hydrogen-bond donors (Lipinski definition) is 0. The van der Waals surface area contributed by atoms with E-state index >= 15 is 0 Å². The number of hydrogen-bond acceptors (Lipinski definition) is 2.